The summed E-state index contributed by atoms with van der Waals surface area (Å²) in [7, 11) is -2.67. The van der Waals surface area contributed by atoms with E-state index < -0.39 is 16.0 Å². The maximum atomic E-state index is 12.9. The van der Waals surface area contributed by atoms with Gasteiger partial charge in [-0.2, -0.15) is 8.42 Å². The summed E-state index contributed by atoms with van der Waals surface area (Å²) < 4.78 is 33.3. The zero-order chi connectivity index (χ0) is 23.6. The van der Waals surface area contributed by atoms with Gasteiger partial charge in [0.1, 0.15) is 10.8 Å². The molecule has 0 atom stereocenters. The molecule has 0 unspecified atom stereocenters. The van der Waals surface area contributed by atoms with Crippen LogP contribution in [-0.4, -0.2) is 31.6 Å². The van der Waals surface area contributed by atoms with E-state index in [4.69, 9.17) is 9.84 Å². The molecular formula is C24H20N2O5S2. The SMILES string of the molecule is COc1cc(C(=O)O)ccc1NS(=O)(=O)c1csc(-c2ccc(-c3ccc(C)cc3)cc2)n1. The van der Waals surface area contributed by atoms with Crippen molar-refractivity contribution in [1.29, 1.82) is 0 Å². The van der Waals surface area contributed by atoms with Crippen LogP contribution >= 0.6 is 11.3 Å². The first-order valence-electron chi connectivity index (χ1n) is 9.84. The minimum Gasteiger partial charge on any atom is -0.495 e. The molecule has 33 heavy (non-hydrogen) atoms. The van der Waals surface area contributed by atoms with Gasteiger partial charge < -0.3 is 9.84 Å². The number of benzene rings is 3. The molecule has 0 saturated carbocycles. The van der Waals surface area contributed by atoms with Gasteiger partial charge in [0.25, 0.3) is 10.0 Å². The first kappa shape index (κ1) is 22.5. The number of nitrogens with one attached hydrogen (secondary N) is 1. The largest absolute Gasteiger partial charge is 0.495 e. The highest BCUT2D eigenvalue weighted by atomic mass is 32.2. The van der Waals surface area contributed by atoms with Crippen LogP contribution in [0.2, 0.25) is 0 Å². The van der Waals surface area contributed by atoms with Crippen molar-refractivity contribution in [2.45, 2.75) is 11.9 Å². The molecule has 168 valence electrons. The third kappa shape index (κ3) is 4.89. The predicted octanol–water partition coefficient (Wildman–Crippen LogP) is 5.29. The fourth-order valence-electron chi connectivity index (χ4n) is 3.17. The van der Waals surface area contributed by atoms with Gasteiger partial charge in [0, 0.05) is 10.9 Å². The molecule has 0 radical (unpaired) electrons. The van der Waals surface area contributed by atoms with Crippen molar-refractivity contribution < 1.29 is 23.1 Å². The summed E-state index contributed by atoms with van der Waals surface area (Å²) >= 11 is 1.22. The summed E-state index contributed by atoms with van der Waals surface area (Å²) in [4.78, 5) is 15.4. The van der Waals surface area contributed by atoms with Crippen molar-refractivity contribution in [2.75, 3.05) is 11.8 Å². The Morgan fingerprint density at radius 1 is 0.970 bits per heavy atom. The number of carboxylic acids is 1. The number of sulfonamides is 1. The van der Waals surface area contributed by atoms with Gasteiger partial charge in [-0.1, -0.05) is 54.1 Å². The monoisotopic (exact) mass is 480 g/mol. The zero-order valence-corrected chi connectivity index (χ0v) is 19.4. The normalized spacial score (nSPS) is 11.2. The second kappa shape index (κ2) is 9.05. The molecule has 0 amide bonds. The van der Waals surface area contributed by atoms with Gasteiger partial charge in [-0.25, -0.2) is 9.78 Å². The lowest BCUT2D eigenvalue weighted by molar-refractivity contribution is 0.0696. The summed E-state index contributed by atoms with van der Waals surface area (Å²) in [5.74, 6) is -1.04. The average Bonchev–Trinajstić information content (AvgIpc) is 3.31. The highest BCUT2D eigenvalue weighted by Crippen LogP contribution is 2.31. The Hall–Kier alpha value is -3.69. The number of hydrogen-bond acceptors (Lipinski definition) is 6. The van der Waals surface area contributed by atoms with Gasteiger partial charge in [-0.3, -0.25) is 4.72 Å². The third-order valence-electron chi connectivity index (χ3n) is 4.97. The van der Waals surface area contributed by atoms with Crippen LogP contribution < -0.4 is 9.46 Å². The van der Waals surface area contributed by atoms with E-state index in [9.17, 15) is 13.2 Å². The van der Waals surface area contributed by atoms with E-state index in [1.807, 2.05) is 31.2 Å². The molecule has 0 spiro atoms. The number of rotatable bonds is 7. The van der Waals surface area contributed by atoms with E-state index in [1.54, 1.807) is 0 Å². The Morgan fingerprint density at radius 3 is 2.18 bits per heavy atom. The Bertz CT molecular complexity index is 1410. The molecule has 9 heteroatoms. The first-order valence-corrected chi connectivity index (χ1v) is 12.2. The molecular weight excluding hydrogens is 460 g/mol. The second-order valence-electron chi connectivity index (χ2n) is 7.26. The van der Waals surface area contributed by atoms with Crippen molar-refractivity contribution in [3.8, 4) is 27.4 Å². The summed E-state index contributed by atoms with van der Waals surface area (Å²) in [6.45, 7) is 2.04. The number of ether oxygens (including phenoxy) is 1. The molecule has 0 bridgehead atoms. The molecule has 0 saturated heterocycles. The van der Waals surface area contributed by atoms with Crippen LogP contribution in [0.25, 0.3) is 21.7 Å². The molecule has 1 aromatic heterocycles. The number of aryl methyl sites for hydroxylation is 1. The molecule has 0 fully saturated rings. The molecule has 2 N–H and O–H groups in total. The molecule has 7 nitrogen and oxygen atoms in total. The van der Waals surface area contributed by atoms with Crippen molar-refractivity contribution in [3.05, 3.63) is 83.2 Å². The molecule has 4 rings (SSSR count). The minimum absolute atomic E-state index is 0.0140. The van der Waals surface area contributed by atoms with Crippen LogP contribution in [0.15, 0.2) is 77.1 Å². The number of anilines is 1. The number of aromatic carboxylic acids is 1. The molecule has 0 aliphatic heterocycles. The summed E-state index contributed by atoms with van der Waals surface area (Å²) in [5.41, 5.74) is 4.26. The Kier molecular flexibility index (Phi) is 6.17. The number of carboxylic acid groups (broad SMARTS) is 1. The standard InChI is InChI=1S/C24H20N2O5S2/c1-15-3-5-16(6-4-15)17-7-9-18(10-8-17)23-25-22(14-32-23)33(29,30)26-20-12-11-19(24(27)28)13-21(20)31-2/h3-14,26H,1-2H3,(H,27,28). The van der Waals surface area contributed by atoms with Crippen molar-refractivity contribution in [2.24, 2.45) is 0 Å². The fraction of sp³-hybridized carbons (Fsp3) is 0.0833. The number of methoxy groups -OCH3 is 1. The van der Waals surface area contributed by atoms with Crippen LogP contribution in [-0.2, 0) is 10.0 Å². The predicted molar refractivity (Wildman–Crippen MR) is 128 cm³/mol. The third-order valence-corrected chi connectivity index (χ3v) is 7.26. The molecule has 1 heterocycles. The Balaban J connectivity index is 1.56. The lowest BCUT2D eigenvalue weighted by Gasteiger charge is -2.11. The number of thiazole rings is 1. The van der Waals surface area contributed by atoms with Crippen molar-refractivity contribution in [1.82, 2.24) is 4.98 Å². The number of aromatic nitrogens is 1. The van der Waals surface area contributed by atoms with Gasteiger partial charge in [0.15, 0.2) is 5.03 Å². The second-order valence-corrected chi connectivity index (χ2v) is 9.75. The van der Waals surface area contributed by atoms with E-state index in [0.29, 0.717) is 5.01 Å². The van der Waals surface area contributed by atoms with E-state index in [-0.39, 0.29) is 22.0 Å². The van der Waals surface area contributed by atoms with Crippen LogP contribution in [0.3, 0.4) is 0 Å². The zero-order valence-electron chi connectivity index (χ0n) is 17.8. The molecule has 4 aromatic rings. The first-order chi connectivity index (χ1) is 15.8. The average molecular weight is 481 g/mol. The summed E-state index contributed by atoms with van der Waals surface area (Å²) in [6.07, 6.45) is 0. The highest BCUT2D eigenvalue weighted by Gasteiger charge is 2.21. The van der Waals surface area contributed by atoms with Gasteiger partial charge in [-0.05, 0) is 36.2 Å². The van der Waals surface area contributed by atoms with E-state index in [1.165, 1.54) is 47.6 Å². The quantitative estimate of drug-likeness (QED) is 0.372. The lowest BCUT2D eigenvalue weighted by atomic mass is 10.0. The topological polar surface area (TPSA) is 106 Å². The fourth-order valence-corrected chi connectivity index (χ4v) is 5.34. The van der Waals surface area contributed by atoms with Crippen LogP contribution in [0.5, 0.6) is 5.75 Å². The van der Waals surface area contributed by atoms with Gasteiger partial charge in [0.2, 0.25) is 0 Å². The van der Waals surface area contributed by atoms with E-state index in [2.05, 4.69) is 34.0 Å². The summed E-state index contributed by atoms with van der Waals surface area (Å²) in [5, 5.41) is 11.0. The van der Waals surface area contributed by atoms with E-state index >= 15 is 0 Å². The minimum atomic E-state index is -4.00. The summed E-state index contributed by atoms with van der Waals surface area (Å²) in [6, 6.07) is 19.9. The lowest BCUT2D eigenvalue weighted by Crippen LogP contribution is -2.14. The van der Waals surface area contributed by atoms with Crippen LogP contribution in [0.4, 0.5) is 5.69 Å². The van der Waals surface area contributed by atoms with Gasteiger partial charge in [-0.15, -0.1) is 11.3 Å². The van der Waals surface area contributed by atoms with Crippen LogP contribution in [0.1, 0.15) is 15.9 Å². The smallest absolute Gasteiger partial charge is 0.335 e. The van der Waals surface area contributed by atoms with Crippen molar-refractivity contribution in [3.63, 3.8) is 0 Å². The molecule has 3 aromatic carbocycles. The Morgan fingerprint density at radius 2 is 1.58 bits per heavy atom. The number of carbonyl (C=O) groups is 1. The van der Waals surface area contributed by atoms with Crippen LogP contribution in [0, 0.1) is 6.92 Å². The van der Waals surface area contributed by atoms with Gasteiger partial charge >= 0.3 is 5.97 Å². The Labute approximate surface area is 195 Å². The maximum absolute atomic E-state index is 12.9. The number of hydrogen-bond donors (Lipinski definition) is 2. The molecule has 0 aliphatic carbocycles. The van der Waals surface area contributed by atoms with Gasteiger partial charge in [0.05, 0.1) is 18.4 Å². The number of nitrogens with zero attached hydrogens (tertiary/aromatic N) is 1. The molecule has 0 aliphatic rings. The maximum Gasteiger partial charge on any atom is 0.335 e. The van der Waals surface area contributed by atoms with Crippen molar-refractivity contribution >= 4 is 33.0 Å². The van der Waals surface area contributed by atoms with E-state index in [0.717, 1.165) is 16.7 Å². The highest BCUT2D eigenvalue weighted by molar-refractivity contribution is 7.92.